The number of phenols is 1. The summed E-state index contributed by atoms with van der Waals surface area (Å²) in [5.41, 5.74) is 1.58. The van der Waals surface area contributed by atoms with Gasteiger partial charge < -0.3 is 15.7 Å². The van der Waals surface area contributed by atoms with E-state index in [2.05, 4.69) is 20.7 Å². The van der Waals surface area contributed by atoms with Gasteiger partial charge in [-0.25, -0.2) is 4.98 Å². The summed E-state index contributed by atoms with van der Waals surface area (Å²) in [6.45, 7) is 0.510. The molecule has 7 nitrogen and oxygen atoms in total. The van der Waals surface area contributed by atoms with Gasteiger partial charge in [0.15, 0.2) is 0 Å². The van der Waals surface area contributed by atoms with Crippen LogP contribution in [0, 0.1) is 0 Å². The molecule has 3 aromatic rings. The maximum Gasteiger partial charge on any atom is 0.251 e. The molecule has 1 amide bonds. The average molecular weight is 337 g/mol. The topological polar surface area (TPSA) is 92.1 Å². The maximum absolute atomic E-state index is 12.3. The average Bonchev–Trinajstić information content (AvgIpc) is 3.01. The summed E-state index contributed by atoms with van der Waals surface area (Å²) in [6, 6.07) is 12.1. The minimum absolute atomic E-state index is 0.158. The van der Waals surface area contributed by atoms with E-state index in [9.17, 15) is 9.90 Å². The highest BCUT2D eigenvalue weighted by Gasteiger charge is 2.08. The molecule has 0 aliphatic carbocycles. The van der Waals surface area contributed by atoms with Gasteiger partial charge in [0.2, 0.25) is 0 Å². The minimum atomic E-state index is -0.158. The number of anilines is 2. The third-order valence-electron chi connectivity index (χ3n) is 3.73. The van der Waals surface area contributed by atoms with Gasteiger partial charge in [-0.05, 0) is 36.2 Å². The zero-order valence-corrected chi connectivity index (χ0v) is 13.8. The molecule has 1 aromatic carbocycles. The van der Waals surface area contributed by atoms with Crippen molar-refractivity contribution in [3.8, 4) is 5.75 Å². The molecule has 0 aliphatic rings. The molecule has 0 saturated heterocycles. The number of aryl methyl sites for hydroxylation is 1. The van der Waals surface area contributed by atoms with Crippen molar-refractivity contribution in [3.63, 3.8) is 0 Å². The molecule has 128 valence electrons. The van der Waals surface area contributed by atoms with Crippen LogP contribution in [-0.4, -0.2) is 32.3 Å². The number of rotatable bonds is 6. The van der Waals surface area contributed by atoms with Gasteiger partial charge in [-0.15, -0.1) is 0 Å². The van der Waals surface area contributed by atoms with Crippen molar-refractivity contribution in [3.05, 3.63) is 66.0 Å². The molecule has 0 atom stereocenters. The zero-order chi connectivity index (χ0) is 17.6. The molecule has 2 aromatic heterocycles. The molecule has 0 bridgehead atoms. The van der Waals surface area contributed by atoms with Crippen LogP contribution in [0.5, 0.6) is 5.75 Å². The summed E-state index contributed by atoms with van der Waals surface area (Å²) in [5.74, 6) is 1.44. The third-order valence-corrected chi connectivity index (χ3v) is 3.73. The fraction of sp³-hybridized carbons (Fsp3) is 0.167. The summed E-state index contributed by atoms with van der Waals surface area (Å²) in [7, 11) is 1.82. The van der Waals surface area contributed by atoms with Crippen LogP contribution in [0.1, 0.15) is 15.9 Å². The van der Waals surface area contributed by atoms with Crippen molar-refractivity contribution in [1.82, 2.24) is 20.1 Å². The van der Waals surface area contributed by atoms with Crippen molar-refractivity contribution < 1.29 is 9.90 Å². The van der Waals surface area contributed by atoms with Crippen molar-refractivity contribution in [2.45, 2.75) is 6.42 Å². The van der Waals surface area contributed by atoms with E-state index in [0.29, 0.717) is 24.3 Å². The maximum atomic E-state index is 12.3. The SMILES string of the molecule is Cn1nccc1Nc1cc(C(=O)NCCc2ccc(O)cc2)ccn1. The first-order valence-corrected chi connectivity index (χ1v) is 7.89. The fourth-order valence-corrected chi connectivity index (χ4v) is 2.35. The second-order valence-electron chi connectivity index (χ2n) is 5.57. The molecule has 2 heterocycles. The van der Waals surface area contributed by atoms with E-state index >= 15 is 0 Å². The van der Waals surface area contributed by atoms with E-state index in [1.165, 1.54) is 0 Å². The normalized spacial score (nSPS) is 10.4. The molecular formula is C18H19N5O2. The molecule has 0 fully saturated rings. The molecule has 0 aliphatic heterocycles. The fourth-order valence-electron chi connectivity index (χ4n) is 2.35. The molecule has 25 heavy (non-hydrogen) atoms. The number of amides is 1. The summed E-state index contributed by atoms with van der Waals surface area (Å²) in [6.07, 6.45) is 3.97. The number of hydrogen-bond donors (Lipinski definition) is 3. The Labute approximate surface area is 145 Å². The molecule has 0 unspecified atom stereocenters. The highest BCUT2D eigenvalue weighted by atomic mass is 16.3. The van der Waals surface area contributed by atoms with Crippen LogP contribution in [0.25, 0.3) is 0 Å². The summed E-state index contributed by atoms with van der Waals surface area (Å²) < 4.78 is 1.69. The number of hydrogen-bond acceptors (Lipinski definition) is 5. The number of carbonyl (C=O) groups excluding carboxylic acids is 1. The number of aromatic nitrogens is 3. The van der Waals surface area contributed by atoms with Gasteiger partial charge in [-0.1, -0.05) is 12.1 Å². The van der Waals surface area contributed by atoms with Gasteiger partial charge in [0, 0.05) is 31.4 Å². The van der Waals surface area contributed by atoms with Gasteiger partial charge in [0.25, 0.3) is 5.91 Å². The van der Waals surface area contributed by atoms with E-state index in [1.807, 2.05) is 25.2 Å². The molecule has 3 N–H and O–H groups in total. The predicted octanol–water partition coefficient (Wildman–Crippen LogP) is 2.24. The van der Waals surface area contributed by atoms with Gasteiger partial charge in [0.05, 0.1) is 6.20 Å². The molecule has 0 spiro atoms. The largest absolute Gasteiger partial charge is 0.508 e. The highest BCUT2D eigenvalue weighted by Crippen LogP contribution is 2.14. The smallest absolute Gasteiger partial charge is 0.251 e. The Bertz CT molecular complexity index is 858. The Balaban J connectivity index is 1.57. The van der Waals surface area contributed by atoms with E-state index in [0.717, 1.165) is 11.4 Å². The van der Waals surface area contributed by atoms with Crippen LogP contribution >= 0.6 is 0 Å². The van der Waals surface area contributed by atoms with Crippen LogP contribution in [0.2, 0.25) is 0 Å². The predicted molar refractivity (Wildman–Crippen MR) is 94.9 cm³/mol. The van der Waals surface area contributed by atoms with E-state index in [-0.39, 0.29) is 11.7 Å². The van der Waals surface area contributed by atoms with Crippen molar-refractivity contribution in [2.75, 3.05) is 11.9 Å². The molecule has 0 radical (unpaired) electrons. The summed E-state index contributed by atoms with van der Waals surface area (Å²) in [5, 5.41) is 19.3. The van der Waals surface area contributed by atoms with Crippen molar-refractivity contribution in [2.24, 2.45) is 7.05 Å². The Kier molecular flexibility index (Phi) is 4.94. The molecule has 7 heteroatoms. The lowest BCUT2D eigenvalue weighted by Gasteiger charge is -2.08. The second kappa shape index (κ2) is 7.48. The Morgan fingerprint density at radius 1 is 1.16 bits per heavy atom. The lowest BCUT2D eigenvalue weighted by molar-refractivity contribution is 0.0954. The second-order valence-corrected chi connectivity index (χ2v) is 5.57. The first kappa shape index (κ1) is 16.5. The van der Waals surface area contributed by atoms with Gasteiger partial charge in [-0.2, -0.15) is 5.10 Å². The number of nitrogens with zero attached hydrogens (tertiary/aromatic N) is 3. The van der Waals surface area contributed by atoms with Gasteiger partial charge in [0.1, 0.15) is 17.4 Å². The van der Waals surface area contributed by atoms with Crippen LogP contribution in [0.4, 0.5) is 11.6 Å². The molecule has 0 saturated carbocycles. The van der Waals surface area contributed by atoms with Crippen molar-refractivity contribution in [1.29, 1.82) is 0 Å². The van der Waals surface area contributed by atoms with Crippen molar-refractivity contribution >= 4 is 17.5 Å². The van der Waals surface area contributed by atoms with Gasteiger partial charge >= 0.3 is 0 Å². The summed E-state index contributed by atoms with van der Waals surface area (Å²) in [4.78, 5) is 16.5. The Morgan fingerprint density at radius 3 is 2.68 bits per heavy atom. The van der Waals surface area contributed by atoms with Gasteiger partial charge in [-0.3, -0.25) is 9.48 Å². The molecular weight excluding hydrogens is 318 g/mol. The van der Waals surface area contributed by atoms with Crippen LogP contribution in [0.3, 0.4) is 0 Å². The summed E-state index contributed by atoms with van der Waals surface area (Å²) >= 11 is 0. The number of pyridine rings is 1. The van der Waals surface area contributed by atoms with Crippen LogP contribution < -0.4 is 10.6 Å². The first-order valence-electron chi connectivity index (χ1n) is 7.89. The first-order chi connectivity index (χ1) is 12.1. The Morgan fingerprint density at radius 2 is 1.96 bits per heavy atom. The van der Waals surface area contributed by atoms with Crippen LogP contribution in [0.15, 0.2) is 54.9 Å². The Hall–Kier alpha value is -3.35. The minimum Gasteiger partial charge on any atom is -0.508 e. The van der Waals surface area contributed by atoms with E-state index < -0.39 is 0 Å². The highest BCUT2D eigenvalue weighted by molar-refractivity contribution is 5.94. The number of benzene rings is 1. The number of phenolic OH excluding ortho intramolecular Hbond substituents is 1. The van der Waals surface area contributed by atoms with E-state index in [1.54, 1.807) is 41.3 Å². The number of aromatic hydroxyl groups is 1. The monoisotopic (exact) mass is 337 g/mol. The number of nitrogens with one attached hydrogen (secondary N) is 2. The number of carbonyl (C=O) groups is 1. The third kappa shape index (κ3) is 4.35. The van der Waals surface area contributed by atoms with E-state index in [4.69, 9.17) is 0 Å². The molecule has 3 rings (SSSR count). The standard InChI is InChI=1S/C18H19N5O2/c1-23-17(8-11-21-23)22-16-12-14(7-10-19-16)18(25)20-9-6-13-2-4-15(24)5-3-13/h2-5,7-8,10-12,24H,6,9H2,1H3,(H,19,22)(H,20,25). The zero-order valence-electron chi connectivity index (χ0n) is 13.8. The quantitative estimate of drug-likeness (QED) is 0.641. The lowest BCUT2D eigenvalue weighted by Crippen LogP contribution is -2.25. The lowest BCUT2D eigenvalue weighted by atomic mass is 10.1. The van der Waals surface area contributed by atoms with Crippen LogP contribution in [-0.2, 0) is 13.5 Å².